The molecule has 0 spiro atoms. The molecule has 0 saturated heterocycles. The molecule has 86 valence electrons. The van der Waals surface area contributed by atoms with Gasteiger partial charge in [-0.3, -0.25) is 0 Å². The summed E-state index contributed by atoms with van der Waals surface area (Å²) >= 11 is 5.81. The van der Waals surface area contributed by atoms with Crippen molar-refractivity contribution in [2.24, 2.45) is 5.73 Å². The van der Waals surface area contributed by atoms with E-state index >= 15 is 0 Å². The zero-order valence-electron chi connectivity index (χ0n) is 8.80. The number of nitrogens with two attached hydrogens (primary N) is 1. The van der Waals surface area contributed by atoms with E-state index in [-0.39, 0.29) is 18.4 Å². The molecule has 1 heterocycles. The number of benzene rings is 1. The van der Waals surface area contributed by atoms with E-state index < -0.39 is 0 Å². The highest BCUT2D eigenvalue weighted by molar-refractivity contribution is 6.30. The molecule has 0 saturated carbocycles. The fourth-order valence-electron chi connectivity index (χ4n) is 1.33. The van der Waals surface area contributed by atoms with Crippen LogP contribution in [0.15, 0.2) is 36.8 Å². The highest BCUT2D eigenvalue weighted by Gasteiger charge is 2.04. The lowest BCUT2D eigenvalue weighted by Gasteiger charge is -2.01. The van der Waals surface area contributed by atoms with E-state index in [4.69, 9.17) is 17.3 Å². The Morgan fingerprint density at radius 3 is 2.44 bits per heavy atom. The van der Waals surface area contributed by atoms with Gasteiger partial charge in [-0.05, 0) is 31.2 Å². The van der Waals surface area contributed by atoms with Crippen LogP contribution >= 0.6 is 24.0 Å². The summed E-state index contributed by atoms with van der Waals surface area (Å²) in [5.74, 6) is 0. The summed E-state index contributed by atoms with van der Waals surface area (Å²) in [6.07, 6.45) is 3.68. The Balaban J connectivity index is 0.00000128. The molecule has 3 nitrogen and oxygen atoms in total. The first-order valence-electron chi connectivity index (χ1n) is 4.72. The van der Waals surface area contributed by atoms with Crippen LogP contribution in [0.1, 0.15) is 18.7 Å². The smallest absolute Gasteiger partial charge is 0.0995 e. The SMILES string of the molecule is C[C@H](N)c1cn(-c2ccc(Cl)cc2)cn1.Cl. The first kappa shape index (κ1) is 13.0. The zero-order chi connectivity index (χ0) is 10.8. The summed E-state index contributed by atoms with van der Waals surface area (Å²) in [6.45, 7) is 1.91. The van der Waals surface area contributed by atoms with Crippen molar-refractivity contribution in [1.82, 2.24) is 9.55 Å². The second-order valence-electron chi connectivity index (χ2n) is 3.47. The van der Waals surface area contributed by atoms with E-state index in [9.17, 15) is 0 Å². The largest absolute Gasteiger partial charge is 0.323 e. The van der Waals surface area contributed by atoms with Crippen molar-refractivity contribution in [2.45, 2.75) is 13.0 Å². The molecular formula is C11H13Cl2N3. The standard InChI is InChI=1S/C11H12ClN3.ClH/c1-8(13)11-6-15(7-14-11)10-4-2-9(12)3-5-10;/h2-8H,13H2,1H3;1H/t8-;/m0./s1. The van der Waals surface area contributed by atoms with Gasteiger partial charge in [0, 0.05) is 22.9 Å². The minimum atomic E-state index is -0.0430. The molecule has 0 fully saturated rings. The van der Waals surface area contributed by atoms with Gasteiger partial charge in [-0.15, -0.1) is 12.4 Å². The normalized spacial score (nSPS) is 11.9. The van der Waals surface area contributed by atoms with Gasteiger partial charge in [0.1, 0.15) is 0 Å². The highest BCUT2D eigenvalue weighted by atomic mass is 35.5. The van der Waals surface area contributed by atoms with Crippen molar-refractivity contribution in [3.8, 4) is 5.69 Å². The minimum absolute atomic E-state index is 0. The van der Waals surface area contributed by atoms with E-state index in [1.807, 2.05) is 42.0 Å². The molecule has 0 bridgehead atoms. The molecule has 2 aromatic rings. The number of nitrogens with zero attached hydrogens (tertiary/aromatic N) is 2. The van der Waals surface area contributed by atoms with E-state index in [0.29, 0.717) is 0 Å². The van der Waals surface area contributed by atoms with Crippen LogP contribution in [-0.4, -0.2) is 9.55 Å². The van der Waals surface area contributed by atoms with Gasteiger partial charge in [-0.1, -0.05) is 11.6 Å². The lowest BCUT2D eigenvalue weighted by Crippen LogP contribution is -2.04. The van der Waals surface area contributed by atoms with E-state index in [2.05, 4.69) is 4.98 Å². The van der Waals surface area contributed by atoms with Crippen LogP contribution in [0.5, 0.6) is 0 Å². The lowest BCUT2D eigenvalue weighted by molar-refractivity contribution is 0.788. The number of hydrogen-bond acceptors (Lipinski definition) is 2. The van der Waals surface area contributed by atoms with Crippen molar-refractivity contribution in [2.75, 3.05) is 0 Å². The van der Waals surface area contributed by atoms with Gasteiger partial charge < -0.3 is 10.3 Å². The molecule has 2 N–H and O–H groups in total. The molecular weight excluding hydrogens is 245 g/mol. The predicted octanol–water partition coefficient (Wildman–Crippen LogP) is 2.97. The van der Waals surface area contributed by atoms with E-state index in [1.54, 1.807) is 6.33 Å². The number of imidazole rings is 1. The van der Waals surface area contributed by atoms with Crippen LogP contribution in [0, 0.1) is 0 Å². The summed E-state index contributed by atoms with van der Waals surface area (Å²) in [5, 5.41) is 0.728. The Morgan fingerprint density at radius 1 is 1.31 bits per heavy atom. The van der Waals surface area contributed by atoms with Crippen LogP contribution < -0.4 is 5.73 Å². The molecule has 1 aromatic heterocycles. The van der Waals surface area contributed by atoms with Crippen LogP contribution in [0.25, 0.3) is 5.69 Å². The maximum atomic E-state index is 5.81. The van der Waals surface area contributed by atoms with Crippen molar-refractivity contribution < 1.29 is 0 Å². The zero-order valence-corrected chi connectivity index (χ0v) is 10.4. The van der Waals surface area contributed by atoms with Gasteiger partial charge >= 0.3 is 0 Å². The second-order valence-corrected chi connectivity index (χ2v) is 3.91. The van der Waals surface area contributed by atoms with E-state index in [1.165, 1.54) is 0 Å². The third-order valence-electron chi connectivity index (χ3n) is 2.19. The van der Waals surface area contributed by atoms with Gasteiger partial charge in [0.25, 0.3) is 0 Å². The Hall–Kier alpha value is -1.03. The molecule has 0 unspecified atom stereocenters. The monoisotopic (exact) mass is 257 g/mol. The summed E-state index contributed by atoms with van der Waals surface area (Å²) in [4.78, 5) is 4.22. The first-order valence-corrected chi connectivity index (χ1v) is 5.10. The molecule has 2 rings (SSSR count). The van der Waals surface area contributed by atoms with E-state index in [0.717, 1.165) is 16.4 Å². The Morgan fingerprint density at radius 2 is 1.94 bits per heavy atom. The van der Waals surface area contributed by atoms with Crippen LogP contribution in [-0.2, 0) is 0 Å². The van der Waals surface area contributed by atoms with Crippen molar-refractivity contribution in [1.29, 1.82) is 0 Å². The Labute approximate surface area is 106 Å². The minimum Gasteiger partial charge on any atom is -0.323 e. The fourth-order valence-corrected chi connectivity index (χ4v) is 1.45. The van der Waals surface area contributed by atoms with Crippen molar-refractivity contribution in [3.05, 3.63) is 47.5 Å². The fraction of sp³-hybridized carbons (Fsp3) is 0.182. The van der Waals surface area contributed by atoms with Crippen molar-refractivity contribution in [3.63, 3.8) is 0 Å². The Kier molecular flexibility index (Phi) is 4.35. The molecule has 1 atom stereocenters. The van der Waals surface area contributed by atoms with Gasteiger partial charge in [-0.25, -0.2) is 4.98 Å². The summed E-state index contributed by atoms with van der Waals surface area (Å²) in [7, 11) is 0. The topological polar surface area (TPSA) is 43.8 Å². The molecule has 0 aliphatic carbocycles. The number of rotatable bonds is 2. The van der Waals surface area contributed by atoms with Crippen LogP contribution in [0.4, 0.5) is 0 Å². The van der Waals surface area contributed by atoms with Gasteiger partial charge in [0.15, 0.2) is 0 Å². The average Bonchev–Trinajstić information content (AvgIpc) is 2.68. The van der Waals surface area contributed by atoms with Crippen LogP contribution in [0.2, 0.25) is 5.02 Å². The van der Waals surface area contributed by atoms with Gasteiger partial charge in [0.05, 0.1) is 12.0 Å². The third kappa shape index (κ3) is 2.76. The predicted molar refractivity (Wildman–Crippen MR) is 68.4 cm³/mol. The molecule has 0 radical (unpaired) electrons. The molecule has 5 heteroatoms. The first-order chi connectivity index (χ1) is 7.16. The average molecular weight is 258 g/mol. The quantitative estimate of drug-likeness (QED) is 0.899. The molecule has 0 amide bonds. The number of hydrogen-bond donors (Lipinski definition) is 1. The molecule has 0 aliphatic rings. The van der Waals surface area contributed by atoms with Gasteiger partial charge in [0.2, 0.25) is 0 Å². The Bertz CT molecular complexity index is 449. The van der Waals surface area contributed by atoms with Crippen LogP contribution in [0.3, 0.4) is 0 Å². The molecule has 16 heavy (non-hydrogen) atoms. The maximum Gasteiger partial charge on any atom is 0.0995 e. The summed E-state index contributed by atoms with van der Waals surface area (Å²) in [5.41, 5.74) is 7.64. The number of aromatic nitrogens is 2. The highest BCUT2D eigenvalue weighted by Crippen LogP contribution is 2.15. The third-order valence-corrected chi connectivity index (χ3v) is 2.45. The summed E-state index contributed by atoms with van der Waals surface area (Å²) < 4.78 is 1.93. The maximum absolute atomic E-state index is 5.81. The molecule has 1 aromatic carbocycles. The lowest BCUT2D eigenvalue weighted by atomic mass is 10.3. The number of halogens is 2. The second kappa shape index (κ2) is 5.34. The van der Waals surface area contributed by atoms with Gasteiger partial charge in [-0.2, -0.15) is 0 Å². The molecule has 0 aliphatic heterocycles. The van der Waals surface area contributed by atoms with Crippen molar-refractivity contribution >= 4 is 24.0 Å². The summed E-state index contributed by atoms with van der Waals surface area (Å²) in [6, 6.07) is 7.54.